The average molecular weight is 256 g/mol. The van der Waals surface area contributed by atoms with Crippen molar-refractivity contribution in [2.24, 2.45) is 0 Å². The minimum Gasteiger partial charge on any atom is -0.298 e. The van der Waals surface area contributed by atoms with Crippen molar-refractivity contribution in [1.82, 2.24) is 0 Å². The predicted molar refractivity (Wildman–Crippen MR) is 77.3 cm³/mol. The van der Waals surface area contributed by atoms with E-state index in [0.29, 0.717) is 0 Å². The second kappa shape index (κ2) is 5.87. The van der Waals surface area contributed by atoms with E-state index in [1.54, 1.807) is 11.8 Å². The maximum absolute atomic E-state index is 10.7. The zero-order chi connectivity index (χ0) is 13.0. The van der Waals surface area contributed by atoms with Crippen LogP contribution >= 0.6 is 11.8 Å². The van der Waals surface area contributed by atoms with Crippen LogP contribution in [0, 0.1) is 13.8 Å². The van der Waals surface area contributed by atoms with E-state index in [4.69, 9.17) is 0 Å². The number of hydrogen-bond acceptors (Lipinski definition) is 2. The van der Waals surface area contributed by atoms with Gasteiger partial charge in [-0.2, -0.15) is 0 Å². The standard InChI is InChI=1S/C16H16OS/c1-12-6-7-15(8-13(12)2)11-18-16-5-3-4-14(9-16)10-17/h3-10H,11H2,1-2H3. The summed E-state index contributed by atoms with van der Waals surface area (Å²) >= 11 is 1.76. The van der Waals surface area contributed by atoms with Crippen LogP contribution in [-0.4, -0.2) is 6.29 Å². The average Bonchev–Trinajstić information content (AvgIpc) is 2.40. The summed E-state index contributed by atoms with van der Waals surface area (Å²) in [5.41, 5.74) is 4.71. The van der Waals surface area contributed by atoms with Gasteiger partial charge in [0.1, 0.15) is 6.29 Å². The molecule has 0 aliphatic heterocycles. The van der Waals surface area contributed by atoms with Gasteiger partial charge >= 0.3 is 0 Å². The molecule has 2 heteroatoms. The highest BCUT2D eigenvalue weighted by atomic mass is 32.2. The molecule has 0 heterocycles. The zero-order valence-corrected chi connectivity index (χ0v) is 11.5. The lowest BCUT2D eigenvalue weighted by Gasteiger charge is -2.05. The molecule has 0 aliphatic rings. The first kappa shape index (κ1) is 12.9. The summed E-state index contributed by atoms with van der Waals surface area (Å²) in [5.74, 6) is 0.934. The van der Waals surface area contributed by atoms with Gasteiger partial charge in [-0.3, -0.25) is 4.79 Å². The molecule has 18 heavy (non-hydrogen) atoms. The molecule has 92 valence electrons. The van der Waals surface area contributed by atoms with E-state index in [9.17, 15) is 4.79 Å². The van der Waals surface area contributed by atoms with Gasteiger partial charge in [0.15, 0.2) is 0 Å². The highest BCUT2D eigenvalue weighted by Crippen LogP contribution is 2.24. The van der Waals surface area contributed by atoms with E-state index in [2.05, 4.69) is 32.0 Å². The highest BCUT2D eigenvalue weighted by molar-refractivity contribution is 7.98. The number of carbonyl (C=O) groups excluding carboxylic acids is 1. The molecule has 2 aromatic carbocycles. The van der Waals surface area contributed by atoms with Gasteiger partial charge in [0, 0.05) is 16.2 Å². The summed E-state index contributed by atoms with van der Waals surface area (Å²) in [4.78, 5) is 11.8. The Morgan fingerprint density at radius 1 is 1.06 bits per heavy atom. The lowest BCUT2D eigenvalue weighted by Crippen LogP contribution is -1.86. The largest absolute Gasteiger partial charge is 0.298 e. The molecule has 0 aromatic heterocycles. The molecule has 1 nitrogen and oxygen atoms in total. The number of benzene rings is 2. The van der Waals surface area contributed by atoms with E-state index in [-0.39, 0.29) is 0 Å². The van der Waals surface area contributed by atoms with Gasteiger partial charge in [-0.1, -0.05) is 30.3 Å². The van der Waals surface area contributed by atoms with Crippen molar-refractivity contribution in [2.45, 2.75) is 24.5 Å². The van der Waals surface area contributed by atoms with E-state index in [0.717, 1.165) is 22.5 Å². The third-order valence-electron chi connectivity index (χ3n) is 2.97. The van der Waals surface area contributed by atoms with Crippen LogP contribution in [-0.2, 0) is 5.75 Å². The molecular weight excluding hydrogens is 240 g/mol. The summed E-state index contributed by atoms with van der Waals surface area (Å²) in [6.07, 6.45) is 0.889. The van der Waals surface area contributed by atoms with E-state index in [1.807, 2.05) is 24.3 Å². The monoisotopic (exact) mass is 256 g/mol. The lowest BCUT2D eigenvalue weighted by atomic mass is 10.1. The molecule has 0 saturated heterocycles. The quantitative estimate of drug-likeness (QED) is 0.595. The molecule has 0 N–H and O–H groups in total. The fraction of sp³-hybridized carbons (Fsp3) is 0.188. The fourth-order valence-corrected chi connectivity index (χ4v) is 2.64. The molecular formula is C16H16OS. The molecule has 0 fully saturated rings. The first-order chi connectivity index (χ1) is 8.69. The van der Waals surface area contributed by atoms with Crippen molar-refractivity contribution in [3.8, 4) is 0 Å². The maximum Gasteiger partial charge on any atom is 0.150 e. The highest BCUT2D eigenvalue weighted by Gasteiger charge is 1.99. The predicted octanol–water partition coefficient (Wildman–Crippen LogP) is 4.41. The van der Waals surface area contributed by atoms with Crippen LogP contribution in [0.1, 0.15) is 27.0 Å². The number of thioether (sulfide) groups is 1. The van der Waals surface area contributed by atoms with Gasteiger partial charge in [-0.25, -0.2) is 0 Å². The van der Waals surface area contributed by atoms with Gasteiger partial charge in [0.25, 0.3) is 0 Å². The van der Waals surface area contributed by atoms with E-state index in [1.165, 1.54) is 16.7 Å². The number of aldehydes is 1. The molecule has 0 saturated carbocycles. The van der Waals surface area contributed by atoms with Crippen LogP contribution in [0.2, 0.25) is 0 Å². The first-order valence-electron chi connectivity index (χ1n) is 5.93. The van der Waals surface area contributed by atoms with Crippen LogP contribution in [0.25, 0.3) is 0 Å². The Morgan fingerprint density at radius 2 is 1.89 bits per heavy atom. The summed E-state index contributed by atoms with van der Waals surface area (Å²) in [6, 6.07) is 14.3. The van der Waals surface area contributed by atoms with Crippen molar-refractivity contribution in [2.75, 3.05) is 0 Å². The van der Waals surface area contributed by atoms with E-state index >= 15 is 0 Å². The Morgan fingerprint density at radius 3 is 2.61 bits per heavy atom. The van der Waals surface area contributed by atoms with E-state index < -0.39 is 0 Å². The van der Waals surface area contributed by atoms with Crippen LogP contribution in [0.15, 0.2) is 47.4 Å². The van der Waals surface area contributed by atoms with Gasteiger partial charge in [-0.05, 0) is 42.7 Å². The topological polar surface area (TPSA) is 17.1 Å². The van der Waals surface area contributed by atoms with Gasteiger partial charge < -0.3 is 0 Å². The Balaban J connectivity index is 2.06. The normalized spacial score (nSPS) is 10.3. The van der Waals surface area contributed by atoms with Gasteiger partial charge in [0.05, 0.1) is 0 Å². The molecule has 0 radical (unpaired) electrons. The zero-order valence-electron chi connectivity index (χ0n) is 10.6. The molecule has 0 amide bonds. The van der Waals surface area contributed by atoms with Gasteiger partial charge in [-0.15, -0.1) is 11.8 Å². The second-order valence-corrected chi connectivity index (χ2v) is 5.45. The summed E-state index contributed by atoms with van der Waals surface area (Å²) in [5, 5.41) is 0. The van der Waals surface area contributed by atoms with Crippen molar-refractivity contribution < 1.29 is 4.79 Å². The number of rotatable bonds is 4. The number of hydrogen-bond donors (Lipinski definition) is 0. The summed E-state index contributed by atoms with van der Waals surface area (Å²) in [7, 11) is 0. The van der Waals surface area contributed by atoms with Crippen molar-refractivity contribution >= 4 is 18.0 Å². The number of aryl methyl sites for hydroxylation is 2. The van der Waals surface area contributed by atoms with Gasteiger partial charge in [0.2, 0.25) is 0 Å². The summed E-state index contributed by atoms with van der Waals surface area (Å²) in [6.45, 7) is 4.26. The minimum atomic E-state index is 0.736. The third-order valence-corrected chi connectivity index (χ3v) is 4.04. The Labute approximate surface area is 112 Å². The Kier molecular flexibility index (Phi) is 4.21. The van der Waals surface area contributed by atoms with Crippen LogP contribution in [0.4, 0.5) is 0 Å². The molecule has 0 bridgehead atoms. The molecule has 2 aromatic rings. The van der Waals surface area contributed by atoms with Crippen LogP contribution in [0.3, 0.4) is 0 Å². The first-order valence-corrected chi connectivity index (χ1v) is 6.92. The van der Waals surface area contributed by atoms with Crippen molar-refractivity contribution in [1.29, 1.82) is 0 Å². The molecule has 0 aliphatic carbocycles. The third kappa shape index (κ3) is 3.23. The summed E-state index contributed by atoms with van der Waals surface area (Å²) < 4.78 is 0. The van der Waals surface area contributed by atoms with Crippen molar-refractivity contribution in [3.05, 3.63) is 64.7 Å². The maximum atomic E-state index is 10.7. The minimum absolute atomic E-state index is 0.736. The Bertz CT molecular complexity index is 561. The molecule has 2 rings (SSSR count). The lowest BCUT2D eigenvalue weighted by molar-refractivity contribution is 0.112. The molecule has 0 spiro atoms. The fourth-order valence-electron chi connectivity index (χ4n) is 1.74. The SMILES string of the molecule is Cc1ccc(CSc2cccc(C=O)c2)cc1C. The molecule has 0 unspecified atom stereocenters. The Hall–Kier alpha value is -1.54. The van der Waals surface area contributed by atoms with Crippen molar-refractivity contribution in [3.63, 3.8) is 0 Å². The van der Waals surface area contributed by atoms with Crippen LogP contribution in [0.5, 0.6) is 0 Å². The smallest absolute Gasteiger partial charge is 0.150 e. The second-order valence-electron chi connectivity index (χ2n) is 4.40. The number of carbonyl (C=O) groups is 1. The molecule has 0 atom stereocenters. The van der Waals surface area contributed by atoms with Crippen LogP contribution < -0.4 is 0 Å².